The second-order valence-corrected chi connectivity index (χ2v) is 3.25. The van der Waals surface area contributed by atoms with Crippen molar-refractivity contribution in [2.24, 2.45) is 0 Å². The lowest BCUT2D eigenvalue weighted by Crippen LogP contribution is -1.92. The molecule has 0 amide bonds. The molecule has 2 aromatic rings. The smallest absolute Gasteiger partial charge is 0.134 e. The Kier molecular flexibility index (Phi) is 2.41. The first-order valence-electron chi connectivity index (χ1n) is 4.72. The standard InChI is InChI=1S/C11H11FN2O/c1-2-14-7-8(6-13-14)10-4-3-9(15)5-11(10)12/h3-7,15H,2H2,1H3. The van der Waals surface area contributed by atoms with Crippen molar-refractivity contribution in [2.45, 2.75) is 13.5 Å². The van der Waals surface area contributed by atoms with Crippen LogP contribution in [0.3, 0.4) is 0 Å². The van der Waals surface area contributed by atoms with Gasteiger partial charge in [-0.15, -0.1) is 0 Å². The highest BCUT2D eigenvalue weighted by Gasteiger charge is 2.07. The van der Waals surface area contributed by atoms with Gasteiger partial charge in [-0.3, -0.25) is 4.68 Å². The number of nitrogens with zero attached hydrogens (tertiary/aromatic N) is 2. The van der Waals surface area contributed by atoms with E-state index in [1.54, 1.807) is 23.1 Å². The van der Waals surface area contributed by atoms with Crippen LogP contribution in [0.15, 0.2) is 30.6 Å². The van der Waals surface area contributed by atoms with Gasteiger partial charge in [0, 0.05) is 29.9 Å². The normalized spacial score (nSPS) is 10.5. The van der Waals surface area contributed by atoms with E-state index in [0.717, 1.165) is 12.6 Å². The average Bonchev–Trinajstić information content (AvgIpc) is 2.66. The summed E-state index contributed by atoms with van der Waals surface area (Å²) in [6.45, 7) is 2.71. The van der Waals surface area contributed by atoms with Crippen molar-refractivity contribution in [1.82, 2.24) is 9.78 Å². The summed E-state index contributed by atoms with van der Waals surface area (Å²) in [5.41, 5.74) is 1.17. The molecule has 2 rings (SSSR count). The van der Waals surface area contributed by atoms with Gasteiger partial charge in [0.2, 0.25) is 0 Å². The van der Waals surface area contributed by atoms with Gasteiger partial charge in [0.05, 0.1) is 6.20 Å². The van der Waals surface area contributed by atoms with Crippen LogP contribution in [0.2, 0.25) is 0 Å². The van der Waals surface area contributed by atoms with E-state index in [0.29, 0.717) is 11.1 Å². The third-order valence-corrected chi connectivity index (χ3v) is 2.22. The number of rotatable bonds is 2. The fraction of sp³-hybridized carbons (Fsp3) is 0.182. The number of phenols is 1. The van der Waals surface area contributed by atoms with Gasteiger partial charge in [-0.25, -0.2) is 4.39 Å². The van der Waals surface area contributed by atoms with Gasteiger partial charge in [0.25, 0.3) is 0 Å². The third-order valence-electron chi connectivity index (χ3n) is 2.22. The van der Waals surface area contributed by atoms with Crippen molar-refractivity contribution in [3.63, 3.8) is 0 Å². The second-order valence-electron chi connectivity index (χ2n) is 3.25. The quantitative estimate of drug-likeness (QED) is 0.819. The highest BCUT2D eigenvalue weighted by molar-refractivity contribution is 5.63. The number of phenolic OH excluding ortho intramolecular Hbond substituents is 1. The molecule has 0 aliphatic heterocycles. The molecule has 1 N–H and O–H groups in total. The zero-order valence-electron chi connectivity index (χ0n) is 8.31. The summed E-state index contributed by atoms with van der Waals surface area (Å²) in [5.74, 6) is -0.509. The fourth-order valence-electron chi connectivity index (χ4n) is 1.41. The van der Waals surface area contributed by atoms with E-state index in [2.05, 4.69) is 5.10 Å². The Morgan fingerprint density at radius 3 is 2.87 bits per heavy atom. The molecule has 0 unspecified atom stereocenters. The first kappa shape index (κ1) is 9.71. The number of aromatic hydroxyl groups is 1. The van der Waals surface area contributed by atoms with Gasteiger partial charge in [-0.2, -0.15) is 5.10 Å². The molecule has 1 aromatic heterocycles. The van der Waals surface area contributed by atoms with Crippen LogP contribution in [0.1, 0.15) is 6.92 Å². The molecule has 0 spiro atoms. The van der Waals surface area contributed by atoms with Crippen LogP contribution in [0.4, 0.5) is 4.39 Å². The lowest BCUT2D eigenvalue weighted by atomic mass is 10.1. The molecule has 0 fully saturated rings. The Morgan fingerprint density at radius 2 is 2.27 bits per heavy atom. The zero-order chi connectivity index (χ0) is 10.8. The molecular formula is C11H11FN2O. The number of benzene rings is 1. The third kappa shape index (κ3) is 1.83. The minimum absolute atomic E-state index is 0.0702. The Balaban J connectivity index is 2.44. The SMILES string of the molecule is CCn1cc(-c2ccc(O)cc2F)cn1. The Bertz CT molecular complexity index is 479. The van der Waals surface area contributed by atoms with Crippen molar-refractivity contribution >= 4 is 0 Å². The van der Waals surface area contributed by atoms with Crippen LogP contribution in [0.25, 0.3) is 11.1 Å². The summed E-state index contributed by atoms with van der Waals surface area (Å²) in [4.78, 5) is 0. The maximum absolute atomic E-state index is 13.5. The minimum Gasteiger partial charge on any atom is -0.508 e. The fourth-order valence-corrected chi connectivity index (χ4v) is 1.41. The monoisotopic (exact) mass is 206 g/mol. The number of hydrogen-bond donors (Lipinski definition) is 1. The second kappa shape index (κ2) is 3.73. The largest absolute Gasteiger partial charge is 0.508 e. The lowest BCUT2D eigenvalue weighted by Gasteiger charge is -2.00. The van der Waals surface area contributed by atoms with Crippen molar-refractivity contribution in [2.75, 3.05) is 0 Å². The van der Waals surface area contributed by atoms with Gasteiger partial charge < -0.3 is 5.11 Å². The van der Waals surface area contributed by atoms with Crippen molar-refractivity contribution in [3.05, 3.63) is 36.4 Å². The number of hydrogen-bond acceptors (Lipinski definition) is 2. The summed E-state index contributed by atoms with van der Waals surface area (Å²) < 4.78 is 15.2. The summed E-state index contributed by atoms with van der Waals surface area (Å²) >= 11 is 0. The predicted octanol–water partition coefficient (Wildman–Crippen LogP) is 2.41. The molecule has 4 heteroatoms. The molecule has 0 saturated carbocycles. The highest BCUT2D eigenvalue weighted by Crippen LogP contribution is 2.25. The summed E-state index contributed by atoms with van der Waals surface area (Å²) in [6, 6.07) is 4.10. The first-order chi connectivity index (χ1) is 7.20. The van der Waals surface area contributed by atoms with Crippen LogP contribution in [0.5, 0.6) is 5.75 Å². The van der Waals surface area contributed by atoms with Crippen LogP contribution in [-0.2, 0) is 6.54 Å². The molecule has 15 heavy (non-hydrogen) atoms. The lowest BCUT2D eigenvalue weighted by molar-refractivity contribution is 0.469. The molecule has 0 bridgehead atoms. The maximum Gasteiger partial charge on any atom is 0.134 e. The van der Waals surface area contributed by atoms with Gasteiger partial charge in [0.1, 0.15) is 11.6 Å². The Morgan fingerprint density at radius 1 is 1.47 bits per heavy atom. The molecule has 0 aliphatic carbocycles. The molecule has 0 atom stereocenters. The van der Waals surface area contributed by atoms with Gasteiger partial charge in [0.15, 0.2) is 0 Å². The molecule has 1 aromatic carbocycles. The topological polar surface area (TPSA) is 38.0 Å². The molecule has 0 aliphatic rings. The van der Waals surface area contributed by atoms with Gasteiger partial charge in [-0.05, 0) is 19.1 Å². The number of aromatic nitrogens is 2. The molecular weight excluding hydrogens is 195 g/mol. The van der Waals surface area contributed by atoms with E-state index in [9.17, 15) is 4.39 Å². The van der Waals surface area contributed by atoms with E-state index in [-0.39, 0.29) is 5.75 Å². The molecule has 1 heterocycles. The Hall–Kier alpha value is -1.84. The molecule has 78 valence electrons. The van der Waals surface area contributed by atoms with Gasteiger partial charge >= 0.3 is 0 Å². The van der Waals surface area contributed by atoms with E-state index in [4.69, 9.17) is 5.11 Å². The Labute approximate surface area is 86.8 Å². The van der Waals surface area contributed by atoms with E-state index in [1.807, 2.05) is 6.92 Å². The zero-order valence-corrected chi connectivity index (χ0v) is 8.31. The van der Waals surface area contributed by atoms with E-state index >= 15 is 0 Å². The van der Waals surface area contributed by atoms with Crippen LogP contribution >= 0.6 is 0 Å². The summed E-state index contributed by atoms with van der Waals surface area (Å²) in [7, 11) is 0. The molecule has 3 nitrogen and oxygen atoms in total. The van der Waals surface area contributed by atoms with Crippen LogP contribution in [0, 0.1) is 5.82 Å². The first-order valence-corrected chi connectivity index (χ1v) is 4.72. The maximum atomic E-state index is 13.5. The van der Waals surface area contributed by atoms with Crippen LogP contribution < -0.4 is 0 Å². The van der Waals surface area contributed by atoms with Crippen molar-refractivity contribution < 1.29 is 9.50 Å². The molecule has 0 saturated heterocycles. The summed E-state index contributed by atoms with van der Waals surface area (Å²) in [5, 5.41) is 13.1. The minimum atomic E-state index is -0.439. The number of aryl methyl sites for hydroxylation is 1. The molecule has 0 radical (unpaired) electrons. The van der Waals surface area contributed by atoms with E-state index < -0.39 is 5.82 Å². The van der Waals surface area contributed by atoms with Gasteiger partial charge in [-0.1, -0.05) is 0 Å². The van der Waals surface area contributed by atoms with Crippen molar-refractivity contribution in [3.8, 4) is 16.9 Å². The average molecular weight is 206 g/mol. The predicted molar refractivity (Wildman–Crippen MR) is 55.0 cm³/mol. The van der Waals surface area contributed by atoms with Crippen molar-refractivity contribution in [1.29, 1.82) is 0 Å². The highest BCUT2D eigenvalue weighted by atomic mass is 19.1. The van der Waals surface area contributed by atoms with Crippen LogP contribution in [-0.4, -0.2) is 14.9 Å². The van der Waals surface area contributed by atoms with E-state index in [1.165, 1.54) is 6.07 Å². The summed E-state index contributed by atoms with van der Waals surface area (Å²) in [6.07, 6.45) is 3.38. The number of halogens is 1.